The molecule has 2 aromatic rings. The molecule has 0 saturated heterocycles. The summed E-state index contributed by atoms with van der Waals surface area (Å²) in [7, 11) is 1.46. The molecule has 0 aliphatic carbocycles. The summed E-state index contributed by atoms with van der Waals surface area (Å²) < 4.78 is 0. The van der Waals surface area contributed by atoms with E-state index < -0.39 is 17.9 Å². The lowest BCUT2D eigenvalue weighted by atomic mass is 10.0. The van der Waals surface area contributed by atoms with E-state index in [1.807, 2.05) is 30.3 Å². The number of nitrogens with zero attached hydrogens (tertiary/aromatic N) is 1. The average Bonchev–Trinajstić information content (AvgIpc) is 2.71. The molecule has 2 N–H and O–H groups in total. The fourth-order valence-electron chi connectivity index (χ4n) is 2.89. The van der Waals surface area contributed by atoms with Gasteiger partial charge < -0.3 is 5.32 Å². The standard InChI is InChI=1S/C21H24Cl2N2O3/c1-24-21(27)19(14-16-11-12-17(22)18(23)13-16)25(28)20(26)10-6-5-9-15-7-3-2-4-8-15/h2-4,7-8,11-13,19,28H,5-6,9-10,14H2,1H3,(H,24,27)/t19-/m0/s1. The smallest absolute Gasteiger partial charge is 0.246 e. The molecule has 0 aliphatic rings. The minimum absolute atomic E-state index is 0.128. The van der Waals surface area contributed by atoms with Crippen molar-refractivity contribution in [2.75, 3.05) is 7.05 Å². The fraction of sp³-hybridized carbons (Fsp3) is 0.333. The number of benzene rings is 2. The lowest BCUT2D eigenvalue weighted by Crippen LogP contribution is -2.48. The van der Waals surface area contributed by atoms with E-state index in [0.29, 0.717) is 27.1 Å². The Balaban J connectivity index is 1.93. The highest BCUT2D eigenvalue weighted by Gasteiger charge is 2.28. The molecule has 0 fully saturated rings. The highest BCUT2D eigenvalue weighted by molar-refractivity contribution is 6.42. The normalized spacial score (nSPS) is 11.7. The third-order valence-electron chi connectivity index (χ3n) is 4.46. The molecular formula is C21H24Cl2N2O3. The molecule has 0 heterocycles. The summed E-state index contributed by atoms with van der Waals surface area (Å²) in [4.78, 5) is 24.6. The summed E-state index contributed by atoms with van der Waals surface area (Å²) in [5.74, 6) is -0.937. The molecule has 0 radical (unpaired) electrons. The zero-order chi connectivity index (χ0) is 20.5. The van der Waals surface area contributed by atoms with Gasteiger partial charge in [0.05, 0.1) is 10.0 Å². The van der Waals surface area contributed by atoms with Crippen molar-refractivity contribution in [1.82, 2.24) is 10.4 Å². The Kier molecular flexibility index (Phi) is 8.77. The lowest BCUT2D eigenvalue weighted by Gasteiger charge is -2.25. The van der Waals surface area contributed by atoms with Gasteiger partial charge in [0.25, 0.3) is 0 Å². The molecule has 0 aromatic heterocycles. The van der Waals surface area contributed by atoms with Crippen LogP contribution in [-0.2, 0) is 22.4 Å². The van der Waals surface area contributed by atoms with E-state index in [1.165, 1.54) is 12.6 Å². The first-order valence-corrected chi connectivity index (χ1v) is 9.88. The van der Waals surface area contributed by atoms with Gasteiger partial charge in [-0.3, -0.25) is 14.8 Å². The van der Waals surface area contributed by atoms with E-state index in [9.17, 15) is 14.8 Å². The number of halogens is 2. The Morgan fingerprint density at radius 2 is 1.75 bits per heavy atom. The zero-order valence-corrected chi connectivity index (χ0v) is 17.2. The number of hydroxylamine groups is 2. The van der Waals surface area contributed by atoms with Gasteiger partial charge in [0.15, 0.2) is 0 Å². The van der Waals surface area contributed by atoms with Crippen LogP contribution in [0.2, 0.25) is 10.0 Å². The molecule has 0 bridgehead atoms. The van der Waals surface area contributed by atoms with Crippen molar-refractivity contribution in [1.29, 1.82) is 0 Å². The second kappa shape index (κ2) is 11.1. The van der Waals surface area contributed by atoms with Crippen molar-refractivity contribution in [2.24, 2.45) is 0 Å². The molecule has 7 heteroatoms. The second-order valence-electron chi connectivity index (χ2n) is 6.51. The highest BCUT2D eigenvalue weighted by atomic mass is 35.5. The summed E-state index contributed by atoms with van der Waals surface area (Å²) in [6, 6.07) is 13.9. The molecule has 28 heavy (non-hydrogen) atoms. The number of unbranched alkanes of at least 4 members (excludes halogenated alkanes) is 1. The molecule has 5 nitrogen and oxygen atoms in total. The van der Waals surface area contributed by atoms with Gasteiger partial charge in [0.1, 0.15) is 6.04 Å². The Morgan fingerprint density at radius 1 is 1.04 bits per heavy atom. The topological polar surface area (TPSA) is 69.6 Å². The van der Waals surface area contributed by atoms with E-state index in [0.717, 1.165) is 12.8 Å². The van der Waals surface area contributed by atoms with Crippen LogP contribution in [0.25, 0.3) is 0 Å². The number of rotatable bonds is 9. The number of nitrogens with one attached hydrogen (secondary N) is 1. The third kappa shape index (κ3) is 6.51. The Bertz CT molecular complexity index is 799. The number of carbonyl (C=O) groups is 2. The number of carbonyl (C=O) groups excluding carboxylic acids is 2. The molecular weight excluding hydrogens is 399 g/mol. The maximum atomic E-state index is 12.4. The zero-order valence-electron chi connectivity index (χ0n) is 15.7. The van der Waals surface area contributed by atoms with Crippen molar-refractivity contribution in [2.45, 2.75) is 38.1 Å². The van der Waals surface area contributed by atoms with E-state index in [1.54, 1.807) is 18.2 Å². The van der Waals surface area contributed by atoms with Crippen molar-refractivity contribution in [3.05, 3.63) is 69.7 Å². The average molecular weight is 423 g/mol. The van der Waals surface area contributed by atoms with Crippen LogP contribution in [0.5, 0.6) is 0 Å². The van der Waals surface area contributed by atoms with Gasteiger partial charge in [-0.1, -0.05) is 59.6 Å². The van der Waals surface area contributed by atoms with Crippen LogP contribution in [0.3, 0.4) is 0 Å². The fourth-order valence-corrected chi connectivity index (χ4v) is 3.21. The number of amides is 2. The molecule has 0 aliphatic heterocycles. The third-order valence-corrected chi connectivity index (χ3v) is 5.20. The van der Waals surface area contributed by atoms with Gasteiger partial charge in [-0.15, -0.1) is 0 Å². The van der Waals surface area contributed by atoms with Gasteiger partial charge >= 0.3 is 0 Å². The van der Waals surface area contributed by atoms with Crippen molar-refractivity contribution < 1.29 is 14.8 Å². The predicted molar refractivity (Wildman–Crippen MR) is 111 cm³/mol. The van der Waals surface area contributed by atoms with Crippen molar-refractivity contribution in [3.63, 3.8) is 0 Å². The predicted octanol–water partition coefficient (Wildman–Crippen LogP) is 4.28. The number of hydrogen-bond acceptors (Lipinski definition) is 3. The van der Waals surface area contributed by atoms with Crippen LogP contribution in [0.1, 0.15) is 30.4 Å². The molecule has 0 saturated carbocycles. The van der Waals surface area contributed by atoms with Gasteiger partial charge in [0.2, 0.25) is 11.8 Å². The van der Waals surface area contributed by atoms with Gasteiger partial charge in [-0.05, 0) is 42.5 Å². The summed E-state index contributed by atoms with van der Waals surface area (Å²) in [5.41, 5.74) is 1.90. The lowest BCUT2D eigenvalue weighted by molar-refractivity contribution is -0.179. The first-order chi connectivity index (χ1) is 13.4. The van der Waals surface area contributed by atoms with E-state index >= 15 is 0 Å². The van der Waals surface area contributed by atoms with Crippen molar-refractivity contribution >= 4 is 35.0 Å². The Hall–Kier alpha value is -2.08. The van der Waals surface area contributed by atoms with Crippen LogP contribution in [0.15, 0.2) is 48.5 Å². The summed E-state index contributed by atoms with van der Waals surface area (Å²) in [6.45, 7) is 0. The molecule has 0 unspecified atom stereocenters. The molecule has 150 valence electrons. The second-order valence-corrected chi connectivity index (χ2v) is 7.33. The molecule has 2 aromatic carbocycles. The van der Waals surface area contributed by atoms with Crippen LogP contribution in [-0.4, -0.2) is 35.2 Å². The molecule has 1 atom stereocenters. The first-order valence-electron chi connectivity index (χ1n) is 9.12. The van der Waals surface area contributed by atoms with Crippen molar-refractivity contribution in [3.8, 4) is 0 Å². The summed E-state index contributed by atoms with van der Waals surface area (Å²) >= 11 is 11.9. The van der Waals surface area contributed by atoms with E-state index in [2.05, 4.69) is 5.32 Å². The monoisotopic (exact) mass is 422 g/mol. The van der Waals surface area contributed by atoms with Crippen LogP contribution in [0, 0.1) is 0 Å². The molecule has 2 amide bonds. The Morgan fingerprint density at radius 3 is 2.39 bits per heavy atom. The number of hydrogen-bond donors (Lipinski definition) is 2. The van der Waals surface area contributed by atoms with Gasteiger partial charge in [-0.25, -0.2) is 5.06 Å². The van der Waals surface area contributed by atoms with Gasteiger partial charge in [-0.2, -0.15) is 0 Å². The number of likely N-dealkylation sites (N-methyl/N-ethyl adjacent to an activating group) is 1. The maximum Gasteiger partial charge on any atom is 0.246 e. The van der Waals surface area contributed by atoms with E-state index in [4.69, 9.17) is 23.2 Å². The van der Waals surface area contributed by atoms with Gasteiger partial charge in [0, 0.05) is 19.9 Å². The molecule has 0 spiro atoms. The number of aryl methyl sites for hydroxylation is 1. The first kappa shape index (κ1) is 22.2. The largest absolute Gasteiger partial charge is 0.357 e. The minimum Gasteiger partial charge on any atom is -0.357 e. The SMILES string of the molecule is CNC(=O)[C@H](Cc1ccc(Cl)c(Cl)c1)N(O)C(=O)CCCCc1ccccc1. The summed E-state index contributed by atoms with van der Waals surface area (Å²) in [5, 5.41) is 14.1. The van der Waals surface area contributed by atoms with Crippen LogP contribution in [0.4, 0.5) is 0 Å². The quantitative estimate of drug-likeness (QED) is 0.359. The minimum atomic E-state index is -1.04. The van der Waals surface area contributed by atoms with E-state index in [-0.39, 0.29) is 12.8 Å². The molecule has 2 rings (SSSR count). The highest BCUT2D eigenvalue weighted by Crippen LogP contribution is 2.24. The van der Waals surface area contributed by atoms with Crippen LogP contribution < -0.4 is 5.32 Å². The maximum absolute atomic E-state index is 12.4. The summed E-state index contributed by atoms with van der Waals surface area (Å²) in [6.07, 6.45) is 2.60. The Labute approximate surface area is 175 Å². The van der Waals surface area contributed by atoms with Crippen LogP contribution >= 0.6 is 23.2 Å².